The molecule has 1 aromatic carbocycles. The number of anilines is 1. The molecule has 2 amide bonds. The number of aromatic nitrogens is 2. The molecule has 3 aromatic rings. The van der Waals surface area contributed by atoms with Gasteiger partial charge in [-0.1, -0.05) is 12.1 Å². The third-order valence-corrected chi connectivity index (χ3v) is 5.72. The first-order valence-corrected chi connectivity index (χ1v) is 10.0. The highest BCUT2D eigenvalue weighted by molar-refractivity contribution is 5.85. The first-order valence-electron chi connectivity index (χ1n) is 10.0. The maximum atomic E-state index is 12.5. The summed E-state index contributed by atoms with van der Waals surface area (Å²) in [4.78, 5) is 21.6. The smallest absolute Gasteiger partial charge is 0.317 e. The van der Waals surface area contributed by atoms with Crippen molar-refractivity contribution in [3.05, 3.63) is 42.6 Å². The van der Waals surface area contributed by atoms with E-state index in [1.807, 2.05) is 23.1 Å². The number of nitrogens with zero attached hydrogens (tertiary/aromatic N) is 4. The third kappa shape index (κ3) is 3.16. The van der Waals surface area contributed by atoms with Crippen molar-refractivity contribution < 1.29 is 9.53 Å². The molecule has 1 N–H and O–H groups in total. The summed E-state index contributed by atoms with van der Waals surface area (Å²) >= 11 is 0. The van der Waals surface area contributed by atoms with Gasteiger partial charge in [0.25, 0.3) is 0 Å². The second-order valence-electron chi connectivity index (χ2n) is 7.48. The quantitative estimate of drug-likeness (QED) is 0.760. The van der Waals surface area contributed by atoms with E-state index < -0.39 is 0 Å². The predicted molar refractivity (Wildman–Crippen MR) is 109 cm³/mol. The summed E-state index contributed by atoms with van der Waals surface area (Å²) in [6, 6.07) is 12.4. The van der Waals surface area contributed by atoms with Gasteiger partial charge in [-0.05, 0) is 37.1 Å². The molecule has 2 aliphatic heterocycles. The van der Waals surface area contributed by atoms with E-state index in [-0.39, 0.29) is 12.1 Å². The van der Waals surface area contributed by atoms with Crippen LogP contribution < -0.4 is 10.2 Å². The van der Waals surface area contributed by atoms with Crippen molar-refractivity contribution in [1.82, 2.24) is 19.6 Å². The Morgan fingerprint density at radius 1 is 1.11 bits per heavy atom. The number of ether oxygens (including phenoxy) is 1. The van der Waals surface area contributed by atoms with Crippen molar-refractivity contribution >= 4 is 28.4 Å². The first-order chi connectivity index (χ1) is 13.8. The maximum Gasteiger partial charge on any atom is 0.317 e. The van der Waals surface area contributed by atoms with Crippen molar-refractivity contribution in [3.8, 4) is 0 Å². The molecule has 2 fully saturated rings. The van der Waals surface area contributed by atoms with Crippen molar-refractivity contribution in [2.24, 2.45) is 0 Å². The number of para-hydroxylation sites is 2. The molecule has 0 bridgehead atoms. The number of hydrogen-bond donors (Lipinski definition) is 1. The molecule has 1 unspecified atom stereocenters. The fraction of sp³-hybridized carbons (Fsp3) is 0.429. The topological polar surface area (TPSA) is 62.1 Å². The number of hydrogen-bond acceptors (Lipinski definition) is 4. The zero-order valence-electron chi connectivity index (χ0n) is 15.9. The van der Waals surface area contributed by atoms with Crippen LogP contribution in [0.15, 0.2) is 42.6 Å². The van der Waals surface area contributed by atoms with E-state index in [1.165, 1.54) is 0 Å². The Kier molecular flexibility index (Phi) is 4.52. The number of amides is 2. The molecule has 146 valence electrons. The second kappa shape index (κ2) is 7.31. The Hall–Kier alpha value is -2.80. The van der Waals surface area contributed by atoms with Gasteiger partial charge in [0.05, 0.1) is 22.7 Å². The number of fused-ring (bicyclic) bond motifs is 3. The largest absolute Gasteiger partial charge is 0.376 e. The van der Waals surface area contributed by atoms with E-state index in [1.54, 1.807) is 0 Å². The minimum Gasteiger partial charge on any atom is -0.376 e. The molecule has 5 rings (SSSR count). The van der Waals surface area contributed by atoms with E-state index >= 15 is 0 Å². The third-order valence-electron chi connectivity index (χ3n) is 5.72. The number of carbonyl (C=O) groups is 1. The maximum absolute atomic E-state index is 12.5. The lowest BCUT2D eigenvalue weighted by atomic mass is 10.2. The van der Waals surface area contributed by atoms with E-state index in [2.05, 4.69) is 39.0 Å². The minimum atomic E-state index is 0.00875. The van der Waals surface area contributed by atoms with Crippen LogP contribution in [0.5, 0.6) is 0 Å². The highest BCUT2D eigenvalue weighted by Crippen LogP contribution is 2.26. The van der Waals surface area contributed by atoms with Gasteiger partial charge < -0.3 is 24.3 Å². The lowest BCUT2D eigenvalue weighted by Crippen LogP contribution is -2.52. The van der Waals surface area contributed by atoms with Gasteiger partial charge in [0, 0.05) is 45.5 Å². The second-order valence-corrected chi connectivity index (χ2v) is 7.48. The monoisotopic (exact) mass is 379 g/mol. The van der Waals surface area contributed by atoms with Crippen LogP contribution in [0.25, 0.3) is 16.6 Å². The van der Waals surface area contributed by atoms with E-state index in [0.717, 1.165) is 54.9 Å². The van der Waals surface area contributed by atoms with Gasteiger partial charge in [0.2, 0.25) is 0 Å². The van der Waals surface area contributed by atoms with Gasteiger partial charge in [-0.25, -0.2) is 9.78 Å². The van der Waals surface area contributed by atoms with Crippen LogP contribution in [0.2, 0.25) is 0 Å². The number of benzene rings is 1. The van der Waals surface area contributed by atoms with Gasteiger partial charge in [-0.2, -0.15) is 0 Å². The summed E-state index contributed by atoms with van der Waals surface area (Å²) in [5.41, 5.74) is 3.20. The van der Waals surface area contributed by atoms with Crippen LogP contribution in [-0.2, 0) is 4.74 Å². The lowest BCUT2D eigenvalue weighted by molar-refractivity contribution is 0.108. The van der Waals surface area contributed by atoms with Crippen LogP contribution in [0, 0.1) is 0 Å². The van der Waals surface area contributed by atoms with E-state index in [4.69, 9.17) is 9.72 Å². The minimum absolute atomic E-state index is 0.00875. The van der Waals surface area contributed by atoms with Gasteiger partial charge in [-0.15, -0.1) is 0 Å². The normalized spacial score (nSPS) is 20.2. The van der Waals surface area contributed by atoms with E-state index in [9.17, 15) is 4.79 Å². The first kappa shape index (κ1) is 17.3. The number of carbonyl (C=O) groups excluding carboxylic acids is 1. The van der Waals surface area contributed by atoms with Crippen molar-refractivity contribution in [2.75, 3.05) is 44.2 Å². The standard InChI is InChI=1S/C21H25N5O2/c27-21(22-15-16-5-4-14-28-16)25-12-10-24(11-13-25)20-19-8-3-9-26(19)18-7-2-1-6-17(18)23-20/h1-3,6-9,16H,4-5,10-15H2,(H,22,27). The molecule has 7 nitrogen and oxygen atoms in total. The Bertz CT molecular complexity index is 987. The number of rotatable bonds is 3. The Labute approximate surface area is 163 Å². The van der Waals surface area contributed by atoms with Crippen LogP contribution in [0.1, 0.15) is 12.8 Å². The average Bonchev–Trinajstić information content (AvgIpc) is 3.43. The molecule has 4 heterocycles. The summed E-state index contributed by atoms with van der Waals surface area (Å²) in [5.74, 6) is 0.989. The highest BCUT2D eigenvalue weighted by atomic mass is 16.5. The van der Waals surface area contributed by atoms with Crippen LogP contribution in [-0.4, -0.2) is 65.8 Å². The molecule has 2 saturated heterocycles. The fourth-order valence-electron chi connectivity index (χ4n) is 4.18. The number of piperazine rings is 1. The van der Waals surface area contributed by atoms with E-state index in [0.29, 0.717) is 19.6 Å². The van der Waals surface area contributed by atoms with Crippen molar-refractivity contribution in [2.45, 2.75) is 18.9 Å². The Balaban J connectivity index is 1.28. The zero-order chi connectivity index (χ0) is 18.9. The van der Waals surface area contributed by atoms with Crippen molar-refractivity contribution in [1.29, 1.82) is 0 Å². The van der Waals surface area contributed by atoms with Gasteiger partial charge in [0.1, 0.15) is 0 Å². The summed E-state index contributed by atoms with van der Waals surface area (Å²) in [6.45, 7) is 4.36. The predicted octanol–water partition coefficient (Wildman–Crippen LogP) is 2.50. The number of urea groups is 1. The van der Waals surface area contributed by atoms with Gasteiger partial charge >= 0.3 is 6.03 Å². The van der Waals surface area contributed by atoms with Gasteiger partial charge in [-0.3, -0.25) is 0 Å². The summed E-state index contributed by atoms with van der Waals surface area (Å²) in [6.07, 6.45) is 4.38. The average molecular weight is 379 g/mol. The molecule has 2 aromatic heterocycles. The molecule has 28 heavy (non-hydrogen) atoms. The van der Waals surface area contributed by atoms with Crippen LogP contribution >= 0.6 is 0 Å². The molecule has 2 aliphatic rings. The molecule has 1 atom stereocenters. The van der Waals surface area contributed by atoms with Crippen LogP contribution in [0.3, 0.4) is 0 Å². The SMILES string of the molecule is O=C(NCC1CCCO1)N1CCN(c2nc3ccccc3n3cccc23)CC1. The number of nitrogens with one attached hydrogen (secondary N) is 1. The summed E-state index contributed by atoms with van der Waals surface area (Å²) in [7, 11) is 0. The summed E-state index contributed by atoms with van der Waals surface area (Å²) in [5, 5.41) is 3.02. The van der Waals surface area contributed by atoms with Gasteiger partial charge in [0.15, 0.2) is 5.82 Å². The highest BCUT2D eigenvalue weighted by Gasteiger charge is 2.25. The molecule has 0 spiro atoms. The molecule has 0 saturated carbocycles. The Morgan fingerprint density at radius 3 is 2.75 bits per heavy atom. The lowest BCUT2D eigenvalue weighted by Gasteiger charge is -2.36. The molecule has 0 aliphatic carbocycles. The zero-order valence-corrected chi connectivity index (χ0v) is 15.9. The van der Waals surface area contributed by atoms with Crippen LogP contribution in [0.4, 0.5) is 10.6 Å². The Morgan fingerprint density at radius 2 is 1.93 bits per heavy atom. The molecule has 7 heteroatoms. The molecule has 0 radical (unpaired) electrons. The van der Waals surface area contributed by atoms with Crippen molar-refractivity contribution in [3.63, 3.8) is 0 Å². The molecular weight excluding hydrogens is 354 g/mol. The fourth-order valence-corrected chi connectivity index (χ4v) is 4.18. The molecular formula is C21H25N5O2. The summed E-state index contributed by atoms with van der Waals surface area (Å²) < 4.78 is 7.77.